The Balaban J connectivity index is 1.52. The fraction of sp³-hybridized carbons (Fsp3) is 0.778. The van der Waals surface area contributed by atoms with Crippen molar-refractivity contribution in [1.82, 2.24) is 14.5 Å². The zero-order valence-corrected chi connectivity index (χ0v) is 14.9. The molecule has 3 rings (SSSR count). The number of rotatable bonds is 7. The Morgan fingerprint density at radius 2 is 2.00 bits per heavy atom. The molecule has 0 unspecified atom stereocenters. The maximum atomic E-state index is 12.2. The Hall–Kier alpha value is -1.40. The van der Waals surface area contributed by atoms with Crippen molar-refractivity contribution in [3.05, 3.63) is 17.7 Å². The van der Waals surface area contributed by atoms with Gasteiger partial charge in [0.05, 0.1) is 13.2 Å². The van der Waals surface area contributed by atoms with Gasteiger partial charge in [-0.25, -0.2) is 4.98 Å². The predicted molar refractivity (Wildman–Crippen MR) is 91.1 cm³/mol. The van der Waals surface area contributed by atoms with Crippen LogP contribution in [0.25, 0.3) is 0 Å². The summed E-state index contributed by atoms with van der Waals surface area (Å²) in [5.41, 5.74) is 1.25. The van der Waals surface area contributed by atoms with Gasteiger partial charge in [-0.05, 0) is 32.6 Å². The number of piperidine rings is 1. The minimum atomic E-state index is 0.0890. The van der Waals surface area contributed by atoms with E-state index in [1.807, 2.05) is 11.1 Å². The van der Waals surface area contributed by atoms with Crippen LogP contribution in [-0.4, -0.2) is 60.4 Å². The Kier molecular flexibility index (Phi) is 5.89. The van der Waals surface area contributed by atoms with E-state index in [4.69, 9.17) is 9.47 Å². The highest BCUT2D eigenvalue weighted by Gasteiger charge is 2.30. The normalized spacial score (nSPS) is 19.5. The van der Waals surface area contributed by atoms with Gasteiger partial charge >= 0.3 is 0 Å². The van der Waals surface area contributed by atoms with Gasteiger partial charge in [-0.15, -0.1) is 0 Å². The molecule has 0 spiro atoms. The Morgan fingerprint density at radius 1 is 1.25 bits per heavy atom. The van der Waals surface area contributed by atoms with Gasteiger partial charge in [-0.3, -0.25) is 4.79 Å². The smallest absolute Gasteiger partial charge is 0.248 e. The highest BCUT2D eigenvalue weighted by atomic mass is 16.5. The van der Waals surface area contributed by atoms with Gasteiger partial charge < -0.3 is 18.9 Å². The van der Waals surface area contributed by atoms with Gasteiger partial charge in [0.15, 0.2) is 0 Å². The Morgan fingerprint density at radius 3 is 2.62 bits per heavy atom. The molecule has 2 heterocycles. The number of carbonyl (C=O) groups excluding carboxylic acids is 1. The molecule has 24 heavy (non-hydrogen) atoms. The monoisotopic (exact) mass is 335 g/mol. The molecular formula is C18H29N3O3. The van der Waals surface area contributed by atoms with Crippen molar-refractivity contribution in [2.24, 2.45) is 0 Å². The first kappa shape index (κ1) is 17.4. The molecule has 0 atom stereocenters. The second kappa shape index (κ2) is 8.12. The molecule has 2 fully saturated rings. The zero-order valence-electron chi connectivity index (χ0n) is 14.9. The Bertz CT molecular complexity index is 546. The fourth-order valence-electron chi connectivity index (χ4n) is 3.67. The van der Waals surface area contributed by atoms with Crippen molar-refractivity contribution in [2.75, 3.05) is 40.0 Å². The van der Waals surface area contributed by atoms with E-state index in [2.05, 4.69) is 16.5 Å². The second-order valence-corrected chi connectivity index (χ2v) is 6.91. The fourth-order valence-corrected chi connectivity index (χ4v) is 3.67. The molecule has 0 aromatic carbocycles. The van der Waals surface area contributed by atoms with Crippen LogP contribution in [0.5, 0.6) is 0 Å². The van der Waals surface area contributed by atoms with E-state index in [0.29, 0.717) is 25.2 Å². The number of likely N-dealkylation sites (tertiary alicyclic amines) is 1. The van der Waals surface area contributed by atoms with Crippen molar-refractivity contribution in [1.29, 1.82) is 0 Å². The van der Waals surface area contributed by atoms with Crippen LogP contribution in [0.4, 0.5) is 0 Å². The van der Waals surface area contributed by atoms with E-state index in [-0.39, 0.29) is 12.5 Å². The molecule has 134 valence electrons. The number of aromatic nitrogens is 2. The first-order chi connectivity index (χ1) is 11.7. The van der Waals surface area contributed by atoms with Crippen molar-refractivity contribution in [3.8, 4) is 0 Å². The van der Waals surface area contributed by atoms with Gasteiger partial charge in [0, 0.05) is 44.0 Å². The summed E-state index contributed by atoms with van der Waals surface area (Å²) in [6, 6.07) is 0.474. The van der Waals surface area contributed by atoms with Crippen molar-refractivity contribution < 1.29 is 14.3 Å². The summed E-state index contributed by atoms with van der Waals surface area (Å²) in [6.45, 7) is 4.91. The third-order valence-corrected chi connectivity index (χ3v) is 5.32. The molecule has 0 bridgehead atoms. The number of aryl methyl sites for hydroxylation is 1. The number of ether oxygens (including phenoxy) is 2. The topological polar surface area (TPSA) is 56.6 Å². The van der Waals surface area contributed by atoms with E-state index >= 15 is 0 Å². The quantitative estimate of drug-likeness (QED) is 0.718. The Labute approximate surface area is 144 Å². The van der Waals surface area contributed by atoms with E-state index < -0.39 is 0 Å². The van der Waals surface area contributed by atoms with E-state index in [1.54, 1.807) is 7.11 Å². The molecule has 1 aliphatic carbocycles. The third-order valence-electron chi connectivity index (χ3n) is 5.32. The maximum absolute atomic E-state index is 12.2. The average Bonchev–Trinajstić information content (AvgIpc) is 2.91. The van der Waals surface area contributed by atoms with Crippen LogP contribution in [0.15, 0.2) is 6.20 Å². The lowest BCUT2D eigenvalue weighted by atomic mass is 9.84. The number of nitrogens with zero attached hydrogens (tertiary/aromatic N) is 3. The molecule has 2 aliphatic rings. The van der Waals surface area contributed by atoms with E-state index in [0.717, 1.165) is 25.9 Å². The molecule has 6 heteroatoms. The SMILES string of the molecule is COCCOCC(=O)N1CCC(n2c(C)cnc2C2CCC2)CC1. The largest absolute Gasteiger partial charge is 0.382 e. The highest BCUT2D eigenvalue weighted by Crippen LogP contribution is 2.38. The molecule has 0 N–H and O–H groups in total. The van der Waals surface area contributed by atoms with Crippen LogP contribution in [0, 0.1) is 6.92 Å². The number of amides is 1. The van der Waals surface area contributed by atoms with Gasteiger partial charge in [-0.1, -0.05) is 6.42 Å². The first-order valence-corrected chi connectivity index (χ1v) is 9.09. The van der Waals surface area contributed by atoms with Crippen LogP contribution in [0.2, 0.25) is 0 Å². The predicted octanol–water partition coefficient (Wildman–Crippen LogP) is 2.29. The number of methoxy groups -OCH3 is 1. The minimum absolute atomic E-state index is 0.0890. The van der Waals surface area contributed by atoms with Crippen LogP contribution in [0.3, 0.4) is 0 Å². The minimum Gasteiger partial charge on any atom is -0.382 e. The molecule has 1 amide bonds. The molecule has 0 radical (unpaired) electrons. The summed E-state index contributed by atoms with van der Waals surface area (Å²) in [6.07, 6.45) is 7.88. The third kappa shape index (κ3) is 3.81. The lowest BCUT2D eigenvalue weighted by Crippen LogP contribution is -2.41. The first-order valence-electron chi connectivity index (χ1n) is 9.09. The number of hydrogen-bond donors (Lipinski definition) is 0. The zero-order chi connectivity index (χ0) is 16.9. The molecule has 1 aromatic rings. The van der Waals surface area contributed by atoms with Crippen molar-refractivity contribution in [3.63, 3.8) is 0 Å². The highest BCUT2D eigenvalue weighted by molar-refractivity contribution is 5.77. The molecular weight excluding hydrogens is 306 g/mol. The van der Waals surface area contributed by atoms with Gasteiger partial charge in [-0.2, -0.15) is 0 Å². The van der Waals surface area contributed by atoms with Crippen molar-refractivity contribution in [2.45, 2.75) is 51.0 Å². The van der Waals surface area contributed by atoms with E-state index in [9.17, 15) is 4.79 Å². The van der Waals surface area contributed by atoms with Crippen LogP contribution in [-0.2, 0) is 14.3 Å². The second-order valence-electron chi connectivity index (χ2n) is 6.91. The number of hydrogen-bond acceptors (Lipinski definition) is 4. The molecule has 1 saturated heterocycles. The standard InChI is InChI=1S/C18H29N3O3/c1-14-12-19-18(15-4-3-5-15)21(14)16-6-8-20(9-7-16)17(22)13-24-11-10-23-2/h12,15-16H,3-11,13H2,1-2H3. The molecule has 1 saturated carbocycles. The molecule has 1 aliphatic heterocycles. The lowest BCUT2D eigenvalue weighted by Gasteiger charge is -2.35. The molecule has 6 nitrogen and oxygen atoms in total. The van der Waals surface area contributed by atoms with Crippen LogP contribution < -0.4 is 0 Å². The van der Waals surface area contributed by atoms with Crippen molar-refractivity contribution >= 4 is 5.91 Å². The van der Waals surface area contributed by atoms with Gasteiger partial charge in [0.25, 0.3) is 0 Å². The summed E-state index contributed by atoms with van der Waals surface area (Å²) < 4.78 is 12.7. The summed E-state index contributed by atoms with van der Waals surface area (Å²) in [4.78, 5) is 18.8. The molecule has 1 aromatic heterocycles. The lowest BCUT2D eigenvalue weighted by molar-refractivity contribution is -0.137. The summed E-state index contributed by atoms with van der Waals surface area (Å²) in [5, 5.41) is 0. The van der Waals surface area contributed by atoms with Gasteiger partial charge in [0.1, 0.15) is 12.4 Å². The summed E-state index contributed by atoms with van der Waals surface area (Å²) >= 11 is 0. The maximum Gasteiger partial charge on any atom is 0.248 e. The number of imidazole rings is 1. The summed E-state index contributed by atoms with van der Waals surface area (Å²) in [5.74, 6) is 2.00. The van der Waals surface area contributed by atoms with E-state index in [1.165, 1.54) is 30.8 Å². The van der Waals surface area contributed by atoms with Crippen LogP contribution in [0.1, 0.15) is 55.6 Å². The summed E-state index contributed by atoms with van der Waals surface area (Å²) in [7, 11) is 1.63. The number of carbonyl (C=O) groups is 1. The van der Waals surface area contributed by atoms with Crippen LogP contribution >= 0.6 is 0 Å². The van der Waals surface area contributed by atoms with Gasteiger partial charge in [0.2, 0.25) is 5.91 Å². The average molecular weight is 335 g/mol.